The van der Waals surface area contributed by atoms with Crippen molar-refractivity contribution in [1.29, 1.82) is 0 Å². The van der Waals surface area contributed by atoms with E-state index in [4.69, 9.17) is 4.52 Å². The van der Waals surface area contributed by atoms with Gasteiger partial charge in [-0.15, -0.1) is 0 Å². The Morgan fingerprint density at radius 2 is 2.15 bits per heavy atom. The molecule has 0 radical (unpaired) electrons. The molecule has 6 heteroatoms. The highest BCUT2D eigenvalue weighted by Crippen LogP contribution is 2.22. The Morgan fingerprint density at radius 3 is 2.89 bits per heavy atom. The van der Waals surface area contributed by atoms with E-state index in [1.807, 2.05) is 6.07 Å². The van der Waals surface area contributed by atoms with Gasteiger partial charge in [0.15, 0.2) is 11.7 Å². The monoisotopic (exact) mass is 367 g/mol. The lowest BCUT2D eigenvalue weighted by molar-refractivity contribution is 0.376. The van der Waals surface area contributed by atoms with Gasteiger partial charge in [-0.1, -0.05) is 31.1 Å². The molecule has 3 rings (SSSR count). The molecule has 0 aliphatic rings. The van der Waals surface area contributed by atoms with Gasteiger partial charge in [0.1, 0.15) is 6.54 Å². The van der Waals surface area contributed by atoms with E-state index in [9.17, 15) is 0 Å². The molecule has 3 N–H and O–H groups in total. The summed E-state index contributed by atoms with van der Waals surface area (Å²) in [4.78, 5) is 7.97. The molecule has 6 nitrogen and oxygen atoms in total. The predicted molar refractivity (Wildman–Crippen MR) is 110 cm³/mol. The maximum atomic E-state index is 5.36. The molecule has 1 aromatic carbocycles. The summed E-state index contributed by atoms with van der Waals surface area (Å²) in [5.41, 5.74) is 4.78. The quantitative estimate of drug-likeness (QED) is 0.437. The summed E-state index contributed by atoms with van der Waals surface area (Å²) in [6, 6.07) is 8.34. The third kappa shape index (κ3) is 4.70. The summed E-state index contributed by atoms with van der Waals surface area (Å²) < 4.78 is 5.36. The van der Waals surface area contributed by atoms with Crippen LogP contribution in [0.5, 0.6) is 0 Å². The van der Waals surface area contributed by atoms with Gasteiger partial charge in [0.05, 0.1) is 5.69 Å². The van der Waals surface area contributed by atoms with Crippen LogP contribution in [0.1, 0.15) is 49.3 Å². The van der Waals surface area contributed by atoms with E-state index in [1.54, 1.807) is 0 Å². The Kier molecular flexibility index (Phi) is 6.16. The fourth-order valence-electron chi connectivity index (χ4n) is 3.14. The number of aromatic amines is 1. The Morgan fingerprint density at radius 1 is 1.30 bits per heavy atom. The van der Waals surface area contributed by atoms with Gasteiger partial charge < -0.3 is 20.1 Å². The maximum absolute atomic E-state index is 5.36. The zero-order valence-corrected chi connectivity index (χ0v) is 16.6. The van der Waals surface area contributed by atoms with Crippen LogP contribution >= 0.6 is 0 Å². The highest BCUT2D eigenvalue weighted by Gasteiger charge is 2.08. The van der Waals surface area contributed by atoms with Crippen molar-refractivity contribution in [3.8, 4) is 0 Å². The SMILES string of the molecule is CCNC(=NCc1cc(C(C)C)no1)NCCc1c[nH]c2cccc(C)c12. The number of nitrogens with one attached hydrogen (secondary N) is 3. The van der Waals surface area contributed by atoms with Crippen molar-refractivity contribution in [1.82, 2.24) is 20.8 Å². The van der Waals surface area contributed by atoms with Gasteiger partial charge in [-0.25, -0.2) is 4.99 Å². The number of fused-ring (bicyclic) bond motifs is 1. The summed E-state index contributed by atoms with van der Waals surface area (Å²) in [7, 11) is 0. The van der Waals surface area contributed by atoms with Gasteiger partial charge in [0, 0.05) is 36.3 Å². The lowest BCUT2D eigenvalue weighted by Gasteiger charge is -2.11. The smallest absolute Gasteiger partial charge is 0.191 e. The minimum Gasteiger partial charge on any atom is -0.361 e. The van der Waals surface area contributed by atoms with E-state index in [1.165, 1.54) is 22.0 Å². The summed E-state index contributed by atoms with van der Waals surface area (Å²) in [5, 5.41) is 12.1. The Labute approximate surface area is 160 Å². The molecule has 0 amide bonds. The first-order chi connectivity index (χ1) is 13.1. The van der Waals surface area contributed by atoms with Crippen LogP contribution in [0.2, 0.25) is 0 Å². The van der Waals surface area contributed by atoms with Crippen molar-refractivity contribution in [2.24, 2.45) is 4.99 Å². The molecule has 0 atom stereocenters. The van der Waals surface area contributed by atoms with Crippen molar-refractivity contribution in [3.05, 3.63) is 53.0 Å². The van der Waals surface area contributed by atoms with Crippen LogP contribution in [0.25, 0.3) is 10.9 Å². The summed E-state index contributed by atoms with van der Waals surface area (Å²) in [6.07, 6.45) is 3.03. The van der Waals surface area contributed by atoms with Crippen LogP contribution < -0.4 is 10.6 Å². The second kappa shape index (κ2) is 8.75. The van der Waals surface area contributed by atoms with Crippen LogP contribution in [0, 0.1) is 6.92 Å². The van der Waals surface area contributed by atoms with Crippen LogP contribution in [0.15, 0.2) is 40.0 Å². The summed E-state index contributed by atoms with van der Waals surface area (Å²) in [6.45, 7) is 10.5. The van der Waals surface area contributed by atoms with E-state index in [0.29, 0.717) is 12.5 Å². The molecule has 0 aliphatic carbocycles. The van der Waals surface area contributed by atoms with Gasteiger partial charge in [0.2, 0.25) is 0 Å². The molecule has 0 spiro atoms. The summed E-state index contributed by atoms with van der Waals surface area (Å²) >= 11 is 0. The minimum absolute atomic E-state index is 0.359. The van der Waals surface area contributed by atoms with Crippen LogP contribution in [0.4, 0.5) is 0 Å². The number of rotatable bonds is 7. The molecule has 144 valence electrons. The second-order valence-electron chi connectivity index (χ2n) is 7.06. The van der Waals surface area contributed by atoms with Crippen LogP contribution in [-0.4, -0.2) is 29.2 Å². The lowest BCUT2D eigenvalue weighted by Crippen LogP contribution is -2.38. The third-order valence-electron chi connectivity index (χ3n) is 4.59. The third-order valence-corrected chi connectivity index (χ3v) is 4.59. The average molecular weight is 367 g/mol. The molecule has 3 aromatic rings. The van der Waals surface area contributed by atoms with Crippen molar-refractivity contribution in [3.63, 3.8) is 0 Å². The number of H-pyrrole nitrogens is 1. The zero-order valence-electron chi connectivity index (χ0n) is 16.6. The van der Waals surface area contributed by atoms with Gasteiger partial charge in [-0.3, -0.25) is 0 Å². The molecule has 0 bridgehead atoms. The van der Waals surface area contributed by atoms with Crippen molar-refractivity contribution in [2.45, 2.75) is 46.6 Å². The van der Waals surface area contributed by atoms with Gasteiger partial charge in [0.25, 0.3) is 0 Å². The van der Waals surface area contributed by atoms with E-state index in [0.717, 1.165) is 36.9 Å². The normalized spacial score (nSPS) is 12.1. The van der Waals surface area contributed by atoms with E-state index >= 15 is 0 Å². The molecule has 0 unspecified atom stereocenters. The molecule has 0 saturated carbocycles. The minimum atomic E-state index is 0.359. The number of hydrogen-bond donors (Lipinski definition) is 3. The molecular formula is C21H29N5O. The Balaban J connectivity index is 1.60. The second-order valence-corrected chi connectivity index (χ2v) is 7.06. The molecule has 27 heavy (non-hydrogen) atoms. The lowest BCUT2D eigenvalue weighted by atomic mass is 10.1. The number of nitrogens with zero attached hydrogens (tertiary/aromatic N) is 2. The number of guanidine groups is 1. The molecule has 0 fully saturated rings. The fourth-order valence-corrected chi connectivity index (χ4v) is 3.14. The molecule has 2 aromatic heterocycles. The Bertz CT molecular complexity index is 906. The summed E-state index contributed by atoms with van der Waals surface area (Å²) in [5.74, 6) is 1.93. The first-order valence-corrected chi connectivity index (χ1v) is 9.61. The number of aromatic nitrogens is 2. The number of benzene rings is 1. The predicted octanol–water partition coefficient (Wildman–Crippen LogP) is 3.89. The Hall–Kier alpha value is -2.76. The van der Waals surface area contributed by atoms with Gasteiger partial charge in [-0.2, -0.15) is 0 Å². The first kappa shape index (κ1) is 19.0. The van der Waals surface area contributed by atoms with Gasteiger partial charge >= 0.3 is 0 Å². The van der Waals surface area contributed by atoms with Crippen molar-refractivity contribution < 1.29 is 4.52 Å². The molecular weight excluding hydrogens is 338 g/mol. The molecule has 0 saturated heterocycles. The van der Waals surface area contributed by atoms with E-state index < -0.39 is 0 Å². The number of aliphatic imine (C=N–C) groups is 1. The highest BCUT2D eigenvalue weighted by atomic mass is 16.5. The van der Waals surface area contributed by atoms with Crippen LogP contribution in [0.3, 0.4) is 0 Å². The van der Waals surface area contributed by atoms with Crippen molar-refractivity contribution in [2.75, 3.05) is 13.1 Å². The highest BCUT2D eigenvalue weighted by molar-refractivity contribution is 5.86. The topological polar surface area (TPSA) is 78.2 Å². The largest absolute Gasteiger partial charge is 0.361 e. The molecule has 2 heterocycles. The number of hydrogen-bond acceptors (Lipinski definition) is 3. The first-order valence-electron chi connectivity index (χ1n) is 9.61. The average Bonchev–Trinajstić information content (AvgIpc) is 3.28. The van der Waals surface area contributed by atoms with E-state index in [2.05, 4.69) is 77.9 Å². The van der Waals surface area contributed by atoms with E-state index in [-0.39, 0.29) is 0 Å². The van der Waals surface area contributed by atoms with Gasteiger partial charge in [-0.05, 0) is 43.4 Å². The zero-order chi connectivity index (χ0) is 19.2. The standard InChI is InChI=1S/C21H29N5O/c1-5-22-21(25-13-17-11-19(14(2)3)26-27-17)23-10-9-16-12-24-18-8-6-7-15(4)20(16)18/h6-8,11-12,14,24H,5,9-10,13H2,1-4H3,(H2,22,23,25). The van der Waals surface area contributed by atoms with Crippen LogP contribution in [-0.2, 0) is 13.0 Å². The maximum Gasteiger partial charge on any atom is 0.191 e. The number of aryl methyl sites for hydroxylation is 1. The van der Waals surface area contributed by atoms with Crippen molar-refractivity contribution >= 4 is 16.9 Å². The molecule has 0 aliphatic heterocycles. The fraction of sp³-hybridized carbons (Fsp3) is 0.429.